The fraction of sp³-hybridized carbons (Fsp3) is 0.529. The summed E-state index contributed by atoms with van der Waals surface area (Å²) in [6, 6.07) is 8.85. The number of rotatable bonds is 4. The van der Waals surface area contributed by atoms with Gasteiger partial charge in [-0.05, 0) is 24.3 Å². The summed E-state index contributed by atoms with van der Waals surface area (Å²) in [5, 5.41) is 14.9. The number of morpholine rings is 1. The number of nitrogens with zero attached hydrogens (tertiary/aromatic N) is 2. The number of nitrogens with one attached hydrogen (secondary N) is 2. The maximum atomic E-state index is 12.3. The summed E-state index contributed by atoms with van der Waals surface area (Å²) in [5.41, 5.74) is 1.02. The van der Waals surface area contributed by atoms with Crippen molar-refractivity contribution in [1.29, 1.82) is 5.26 Å². The van der Waals surface area contributed by atoms with E-state index in [-0.39, 0.29) is 11.6 Å². The molecule has 1 aromatic rings. The molecule has 2 aliphatic heterocycles. The topological polar surface area (TPSA) is 77.4 Å². The molecule has 2 fully saturated rings. The molecule has 128 valence electrons. The summed E-state index contributed by atoms with van der Waals surface area (Å²) in [7, 11) is 0. The molecule has 1 aromatic carbocycles. The van der Waals surface area contributed by atoms with E-state index >= 15 is 0 Å². The van der Waals surface area contributed by atoms with Gasteiger partial charge in [-0.1, -0.05) is 12.1 Å². The Kier molecular flexibility index (Phi) is 5.61. The minimum Gasteiger partial charge on any atom is -0.379 e. The van der Waals surface area contributed by atoms with Crippen LogP contribution in [0.2, 0.25) is 0 Å². The molecule has 0 aromatic heterocycles. The van der Waals surface area contributed by atoms with Gasteiger partial charge in [0.05, 0.1) is 24.5 Å². The monoisotopic (exact) mass is 346 g/mol. The number of para-hydroxylation sites is 1. The van der Waals surface area contributed by atoms with Crippen LogP contribution in [0.25, 0.3) is 0 Å². The van der Waals surface area contributed by atoms with Gasteiger partial charge in [0, 0.05) is 30.9 Å². The lowest BCUT2D eigenvalue weighted by molar-refractivity contribution is -0.0123. The molecule has 2 saturated heterocycles. The largest absolute Gasteiger partial charge is 0.379 e. The lowest BCUT2D eigenvalue weighted by atomic mass is 9.95. The van der Waals surface area contributed by atoms with Gasteiger partial charge in [0.15, 0.2) is 0 Å². The SMILES string of the molecule is N#Cc1ccccc1NC(=O)NCC1(N2CCOCC2)CCSC1. The molecule has 0 saturated carbocycles. The fourth-order valence-electron chi connectivity index (χ4n) is 3.24. The van der Waals surface area contributed by atoms with E-state index in [1.54, 1.807) is 24.3 Å². The van der Waals surface area contributed by atoms with E-state index in [0.717, 1.165) is 44.2 Å². The second-order valence-corrected chi connectivity index (χ2v) is 7.20. The van der Waals surface area contributed by atoms with E-state index in [0.29, 0.717) is 17.8 Å². The summed E-state index contributed by atoms with van der Waals surface area (Å²) < 4.78 is 5.46. The lowest BCUT2D eigenvalue weighted by Crippen LogP contribution is -2.59. The van der Waals surface area contributed by atoms with Crippen LogP contribution in [0.3, 0.4) is 0 Å². The Morgan fingerprint density at radius 3 is 2.88 bits per heavy atom. The Bertz CT molecular complexity index is 619. The van der Waals surface area contributed by atoms with Crippen LogP contribution in [-0.4, -0.2) is 60.8 Å². The smallest absolute Gasteiger partial charge is 0.319 e. The Labute approximate surface area is 146 Å². The zero-order chi connectivity index (χ0) is 16.8. The maximum Gasteiger partial charge on any atom is 0.319 e. The third-order valence-corrected chi connectivity index (χ3v) is 5.87. The van der Waals surface area contributed by atoms with Crippen LogP contribution < -0.4 is 10.6 Å². The maximum absolute atomic E-state index is 12.3. The van der Waals surface area contributed by atoms with Gasteiger partial charge in [-0.2, -0.15) is 17.0 Å². The minimum absolute atomic E-state index is 0.0144. The van der Waals surface area contributed by atoms with Crippen LogP contribution >= 0.6 is 11.8 Å². The van der Waals surface area contributed by atoms with Crippen molar-refractivity contribution in [2.45, 2.75) is 12.0 Å². The predicted molar refractivity (Wildman–Crippen MR) is 95.2 cm³/mol. The molecule has 6 nitrogen and oxygen atoms in total. The predicted octanol–water partition coefficient (Wildman–Crippen LogP) is 1.89. The second-order valence-electron chi connectivity index (χ2n) is 6.09. The number of anilines is 1. The molecule has 3 rings (SSSR count). The molecular formula is C17H22N4O2S. The summed E-state index contributed by atoms with van der Waals surface area (Å²) in [5.74, 6) is 2.15. The summed E-state index contributed by atoms with van der Waals surface area (Å²) in [4.78, 5) is 14.7. The number of carbonyl (C=O) groups excluding carboxylic acids is 1. The van der Waals surface area contributed by atoms with Crippen LogP contribution in [0.15, 0.2) is 24.3 Å². The van der Waals surface area contributed by atoms with E-state index in [2.05, 4.69) is 21.6 Å². The van der Waals surface area contributed by atoms with Crippen molar-refractivity contribution in [3.05, 3.63) is 29.8 Å². The van der Waals surface area contributed by atoms with Crippen molar-refractivity contribution in [1.82, 2.24) is 10.2 Å². The van der Waals surface area contributed by atoms with Gasteiger partial charge in [-0.15, -0.1) is 0 Å². The van der Waals surface area contributed by atoms with E-state index in [9.17, 15) is 4.79 Å². The van der Waals surface area contributed by atoms with Crippen LogP contribution in [0.1, 0.15) is 12.0 Å². The number of nitriles is 1. The first kappa shape index (κ1) is 17.1. The number of urea groups is 1. The molecule has 2 heterocycles. The standard InChI is InChI=1S/C17H22N4O2S/c18-11-14-3-1-2-4-15(14)20-16(22)19-12-17(5-10-24-13-17)21-6-8-23-9-7-21/h1-4H,5-10,12-13H2,(H2,19,20,22). The van der Waals surface area contributed by atoms with E-state index in [4.69, 9.17) is 10.00 Å². The van der Waals surface area contributed by atoms with Gasteiger partial charge < -0.3 is 15.4 Å². The third kappa shape index (κ3) is 3.83. The Balaban J connectivity index is 1.60. The number of thioether (sulfide) groups is 1. The average Bonchev–Trinajstić information content (AvgIpc) is 3.11. The molecule has 24 heavy (non-hydrogen) atoms. The zero-order valence-corrected chi connectivity index (χ0v) is 14.4. The first-order valence-electron chi connectivity index (χ1n) is 8.18. The van der Waals surface area contributed by atoms with Crippen molar-refractivity contribution in [3.8, 4) is 6.07 Å². The highest BCUT2D eigenvalue weighted by Crippen LogP contribution is 2.33. The van der Waals surface area contributed by atoms with Gasteiger partial charge in [0.1, 0.15) is 6.07 Å². The van der Waals surface area contributed by atoms with Gasteiger partial charge in [0.2, 0.25) is 0 Å². The van der Waals surface area contributed by atoms with Crippen molar-refractivity contribution in [3.63, 3.8) is 0 Å². The first-order valence-corrected chi connectivity index (χ1v) is 9.33. The molecule has 2 amide bonds. The second kappa shape index (κ2) is 7.88. The number of amides is 2. The van der Waals surface area contributed by atoms with Crippen molar-refractivity contribution >= 4 is 23.5 Å². The van der Waals surface area contributed by atoms with Gasteiger partial charge >= 0.3 is 6.03 Å². The average molecular weight is 346 g/mol. The molecule has 0 radical (unpaired) electrons. The molecule has 0 bridgehead atoms. The molecule has 0 aliphatic carbocycles. The van der Waals surface area contributed by atoms with Crippen LogP contribution in [0, 0.1) is 11.3 Å². The molecule has 1 atom stereocenters. The summed E-state index contributed by atoms with van der Waals surface area (Å²) >= 11 is 1.94. The zero-order valence-electron chi connectivity index (χ0n) is 13.6. The van der Waals surface area contributed by atoms with Crippen molar-refractivity contribution in [2.75, 3.05) is 49.7 Å². The number of hydrogen-bond acceptors (Lipinski definition) is 5. The quantitative estimate of drug-likeness (QED) is 0.870. The Morgan fingerprint density at radius 1 is 1.38 bits per heavy atom. The highest BCUT2D eigenvalue weighted by molar-refractivity contribution is 7.99. The Morgan fingerprint density at radius 2 is 2.17 bits per heavy atom. The van der Waals surface area contributed by atoms with Crippen molar-refractivity contribution < 1.29 is 9.53 Å². The fourth-order valence-corrected chi connectivity index (χ4v) is 4.71. The molecule has 2 N–H and O–H groups in total. The number of benzene rings is 1. The van der Waals surface area contributed by atoms with Crippen LogP contribution in [-0.2, 0) is 4.74 Å². The molecule has 7 heteroatoms. The summed E-state index contributed by atoms with van der Waals surface area (Å²) in [6.07, 6.45) is 1.08. The molecular weight excluding hydrogens is 324 g/mol. The van der Waals surface area contributed by atoms with Gasteiger partial charge in [0.25, 0.3) is 0 Å². The van der Waals surface area contributed by atoms with E-state index in [1.165, 1.54) is 0 Å². The normalized spacial score (nSPS) is 24.3. The Hall–Kier alpha value is -1.75. The van der Waals surface area contributed by atoms with Crippen LogP contribution in [0.4, 0.5) is 10.5 Å². The molecule has 2 aliphatic rings. The molecule has 1 unspecified atom stereocenters. The third-order valence-electron chi connectivity index (χ3n) is 4.64. The number of hydrogen-bond donors (Lipinski definition) is 2. The molecule has 0 spiro atoms. The number of ether oxygens (including phenoxy) is 1. The van der Waals surface area contributed by atoms with E-state index < -0.39 is 0 Å². The van der Waals surface area contributed by atoms with E-state index in [1.807, 2.05) is 11.8 Å². The highest BCUT2D eigenvalue weighted by Gasteiger charge is 2.40. The summed E-state index contributed by atoms with van der Waals surface area (Å²) in [6.45, 7) is 3.96. The van der Waals surface area contributed by atoms with Gasteiger partial charge in [-0.3, -0.25) is 4.90 Å². The van der Waals surface area contributed by atoms with Crippen molar-refractivity contribution in [2.24, 2.45) is 0 Å². The first-order chi connectivity index (χ1) is 11.7. The lowest BCUT2D eigenvalue weighted by Gasteiger charge is -2.43. The van der Waals surface area contributed by atoms with Crippen LogP contribution in [0.5, 0.6) is 0 Å². The minimum atomic E-state index is -0.262. The highest BCUT2D eigenvalue weighted by atomic mass is 32.2. The number of carbonyl (C=O) groups is 1. The van der Waals surface area contributed by atoms with Gasteiger partial charge in [-0.25, -0.2) is 4.79 Å².